The van der Waals surface area contributed by atoms with Crippen molar-refractivity contribution >= 4 is 5.91 Å². The first-order valence-electron chi connectivity index (χ1n) is 5.79. The molecule has 0 saturated heterocycles. The van der Waals surface area contributed by atoms with Crippen molar-refractivity contribution in [3.63, 3.8) is 0 Å². The Labute approximate surface area is 112 Å². The molecule has 3 N–H and O–H groups in total. The van der Waals surface area contributed by atoms with E-state index in [1.165, 1.54) is 6.07 Å². The van der Waals surface area contributed by atoms with Crippen LogP contribution in [0.3, 0.4) is 0 Å². The standard InChI is InChI=1S/C13H10F2N2O3/c14-13(15)19-10-3-1-2-8(12(10)20-13)9-6-17-5-7(9)4-11(16)18/h1-3,5-6,17H,4H2,(H2,16,18). The topological polar surface area (TPSA) is 77.3 Å². The molecule has 0 radical (unpaired) electrons. The molecule has 0 unspecified atom stereocenters. The second kappa shape index (κ2) is 4.22. The highest BCUT2D eigenvalue weighted by molar-refractivity contribution is 5.83. The van der Waals surface area contributed by atoms with E-state index in [0.717, 1.165) is 0 Å². The number of aromatic amines is 1. The number of para-hydroxylation sites is 1. The highest BCUT2D eigenvalue weighted by Crippen LogP contribution is 2.47. The number of aromatic nitrogens is 1. The second-order valence-electron chi connectivity index (χ2n) is 4.34. The number of rotatable bonds is 3. The van der Waals surface area contributed by atoms with Gasteiger partial charge in [0.25, 0.3) is 0 Å². The third kappa shape index (κ3) is 2.07. The van der Waals surface area contributed by atoms with Gasteiger partial charge < -0.3 is 20.2 Å². The molecule has 1 aromatic heterocycles. The van der Waals surface area contributed by atoms with E-state index in [9.17, 15) is 13.6 Å². The number of primary amides is 1. The van der Waals surface area contributed by atoms with Crippen LogP contribution in [0.5, 0.6) is 11.5 Å². The maximum atomic E-state index is 13.1. The fraction of sp³-hybridized carbons (Fsp3) is 0.154. The van der Waals surface area contributed by atoms with Crippen molar-refractivity contribution in [2.75, 3.05) is 0 Å². The van der Waals surface area contributed by atoms with Gasteiger partial charge in [0.2, 0.25) is 5.91 Å². The zero-order valence-corrected chi connectivity index (χ0v) is 10.2. The minimum absolute atomic E-state index is 0.000247. The van der Waals surface area contributed by atoms with Gasteiger partial charge >= 0.3 is 6.29 Å². The first kappa shape index (κ1) is 12.5. The van der Waals surface area contributed by atoms with Crippen molar-refractivity contribution < 1.29 is 23.0 Å². The second-order valence-corrected chi connectivity index (χ2v) is 4.34. The van der Waals surface area contributed by atoms with E-state index in [1.807, 2.05) is 0 Å². The van der Waals surface area contributed by atoms with Gasteiger partial charge in [-0.1, -0.05) is 12.1 Å². The number of carbonyl (C=O) groups excluding carboxylic acids is 1. The van der Waals surface area contributed by atoms with Gasteiger partial charge in [-0.2, -0.15) is 0 Å². The van der Waals surface area contributed by atoms with Crippen molar-refractivity contribution in [2.45, 2.75) is 12.7 Å². The van der Waals surface area contributed by atoms with Crippen molar-refractivity contribution in [1.82, 2.24) is 4.98 Å². The van der Waals surface area contributed by atoms with Gasteiger partial charge in [-0.05, 0) is 11.6 Å². The van der Waals surface area contributed by atoms with E-state index in [4.69, 9.17) is 5.73 Å². The predicted molar refractivity (Wildman–Crippen MR) is 65.3 cm³/mol. The van der Waals surface area contributed by atoms with Crippen molar-refractivity contribution in [3.05, 3.63) is 36.2 Å². The fourth-order valence-electron chi connectivity index (χ4n) is 2.16. The van der Waals surface area contributed by atoms with Crippen LogP contribution < -0.4 is 15.2 Å². The summed E-state index contributed by atoms with van der Waals surface area (Å²) in [6.45, 7) is 0. The molecule has 0 saturated carbocycles. The van der Waals surface area contributed by atoms with E-state index in [1.54, 1.807) is 24.5 Å². The van der Waals surface area contributed by atoms with E-state index in [2.05, 4.69) is 14.5 Å². The molecular formula is C13H10F2N2O3. The highest BCUT2D eigenvalue weighted by atomic mass is 19.3. The molecule has 1 aliphatic rings. The third-order valence-corrected chi connectivity index (χ3v) is 2.91. The number of hydrogen-bond donors (Lipinski definition) is 2. The normalized spacial score (nSPS) is 15.3. The number of fused-ring (bicyclic) bond motifs is 1. The lowest BCUT2D eigenvalue weighted by atomic mass is 10.0. The van der Waals surface area contributed by atoms with E-state index in [0.29, 0.717) is 16.7 Å². The number of benzene rings is 1. The first-order chi connectivity index (χ1) is 9.46. The summed E-state index contributed by atoms with van der Waals surface area (Å²) >= 11 is 0. The quantitative estimate of drug-likeness (QED) is 0.903. The Morgan fingerprint density at radius 1 is 1.25 bits per heavy atom. The number of halogens is 2. The summed E-state index contributed by atoms with van der Waals surface area (Å²) in [6.07, 6.45) is -0.501. The monoisotopic (exact) mass is 280 g/mol. The summed E-state index contributed by atoms with van der Waals surface area (Å²) in [4.78, 5) is 13.8. The number of nitrogens with one attached hydrogen (secondary N) is 1. The van der Waals surface area contributed by atoms with Crippen LogP contribution >= 0.6 is 0 Å². The average Bonchev–Trinajstić information content (AvgIpc) is 2.89. The summed E-state index contributed by atoms with van der Waals surface area (Å²) < 4.78 is 35.2. The molecule has 5 nitrogen and oxygen atoms in total. The van der Waals surface area contributed by atoms with Crippen LogP contribution in [0.15, 0.2) is 30.6 Å². The van der Waals surface area contributed by atoms with Gasteiger partial charge in [-0.25, -0.2) is 0 Å². The minimum atomic E-state index is -3.68. The number of alkyl halides is 2. The highest BCUT2D eigenvalue weighted by Gasteiger charge is 2.44. The number of carbonyl (C=O) groups is 1. The van der Waals surface area contributed by atoms with Gasteiger partial charge in [0.15, 0.2) is 11.5 Å². The Balaban J connectivity index is 2.07. The Morgan fingerprint density at radius 3 is 2.80 bits per heavy atom. The van der Waals surface area contributed by atoms with E-state index < -0.39 is 12.2 Å². The van der Waals surface area contributed by atoms with E-state index in [-0.39, 0.29) is 17.9 Å². The molecule has 1 aliphatic heterocycles. The van der Waals surface area contributed by atoms with Crippen LogP contribution in [0.2, 0.25) is 0 Å². The van der Waals surface area contributed by atoms with Gasteiger partial charge in [-0.15, -0.1) is 8.78 Å². The molecule has 0 bridgehead atoms. The summed E-state index contributed by atoms with van der Waals surface area (Å²) in [5, 5.41) is 0. The molecule has 0 fully saturated rings. The largest absolute Gasteiger partial charge is 0.586 e. The van der Waals surface area contributed by atoms with Crippen LogP contribution in [-0.2, 0) is 11.2 Å². The lowest BCUT2D eigenvalue weighted by Crippen LogP contribution is -2.26. The Morgan fingerprint density at radius 2 is 2.05 bits per heavy atom. The number of nitrogens with two attached hydrogens (primary N) is 1. The van der Waals surface area contributed by atoms with Crippen LogP contribution in [0.25, 0.3) is 11.1 Å². The molecule has 0 atom stereocenters. The van der Waals surface area contributed by atoms with Crippen molar-refractivity contribution in [2.24, 2.45) is 5.73 Å². The molecule has 7 heteroatoms. The average molecular weight is 280 g/mol. The smallest absolute Gasteiger partial charge is 0.395 e. The molecule has 0 aliphatic carbocycles. The molecule has 1 aromatic carbocycles. The number of H-pyrrole nitrogens is 1. The van der Waals surface area contributed by atoms with Crippen LogP contribution in [0.4, 0.5) is 8.78 Å². The van der Waals surface area contributed by atoms with Crippen molar-refractivity contribution in [3.8, 4) is 22.6 Å². The number of amides is 1. The fourth-order valence-corrected chi connectivity index (χ4v) is 2.16. The maximum absolute atomic E-state index is 13.1. The summed E-state index contributed by atoms with van der Waals surface area (Å²) in [6, 6.07) is 4.57. The first-order valence-corrected chi connectivity index (χ1v) is 5.79. The van der Waals surface area contributed by atoms with Crippen LogP contribution in [0.1, 0.15) is 5.56 Å². The summed E-state index contributed by atoms with van der Waals surface area (Å²) in [7, 11) is 0. The maximum Gasteiger partial charge on any atom is 0.586 e. The summed E-state index contributed by atoms with van der Waals surface area (Å²) in [5.41, 5.74) is 6.74. The minimum Gasteiger partial charge on any atom is -0.395 e. The van der Waals surface area contributed by atoms with Gasteiger partial charge in [0.1, 0.15) is 0 Å². The molecular weight excluding hydrogens is 270 g/mol. The number of ether oxygens (including phenoxy) is 2. The third-order valence-electron chi connectivity index (χ3n) is 2.91. The van der Waals surface area contributed by atoms with Gasteiger partial charge in [0, 0.05) is 23.5 Å². The van der Waals surface area contributed by atoms with Crippen LogP contribution in [0, 0.1) is 0 Å². The molecule has 1 amide bonds. The Kier molecular flexibility index (Phi) is 2.63. The SMILES string of the molecule is NC(=O)Cc1c[nH]cc1-c1cccc2c1OC(F)(F)O2. The Bertz CT molecular complexity index is 682. The molecule has 104 valence electrons. The molecule has 0 spiro atoms. The molecule has 2 heterocycles. The molecule has 2 aromatic rings. The lowest BCUT2D eigenvalue weighted by molar-refractivity contribution is -0.286. The lowest BCUT2D eigenvalue weighted by Gasteiger charge is -2.07. The van der Waals surface area contributed by atoms with Crippen molar-refractivity contribution in [1.29, 1.82) is 0 Å². The van der Waals surface area contributed by atoms with E-state index >= 15 is 0 Å². The summed E-state index contributed by atoms with van der Waals surface area (Å²) in [5.74, 6) is -0.609. The zero-order valence-electron chi connectivity index (χ0n) is 10.2. The van der Waals surface area contributed by atoms with Crippen LogP contribution in [-0.4, -0.2) is 17.2 Å². The molecule has 3 rings (SSSR count). The van der Waals surface area contributed by atoms with Gasteiger partial charge in [-0.3, -0.25) is 4.79 Å². The van der Waals surface area contributed by atoms with Gasteiger partial charge in [0.05, 0.1) is 6.42 Å². The molecule has 20 heavy (non-hydrogen) atoms. The number of hydrogen-bond acceptors (Lipinski definition) is 3. The zero-order chi connectivity index (χ0) is 14.3. The predicted octanol–water partition coefficient (Wildman–Crippen LogP) is 2.03. The Hall–Kier alpha value is -2.57.